The zero-order valence-electron chi connectivity index (χ0n) is 12.5. The molecule has 0 unspecified atom stereocenters. The van der Waals surface area contributed by atoms with Gasteiger partial charge in [0.15, 0.2) is 5.78 Å². The predicted octanol–water partition coefficient (Wildman–Crippen LogP) is 2.24. The standard InChI is InChI=1S/C16H16O6/c1-16(19)7-10(17)14-12(22-16)5-8-4-9(20-2)6-11(21-3)13(8)15(14)18/h4-6,18-19H,7H2,1-3H3/t16-/m1/s1. The quantitative estimate of drug-likeness (QED) is 0.885. The summed E-state index contributed by atoms with van der Waals surface area (Å²) < 4.78 is 15.9. The van der Waals surface area contributed by atoms with Gasteiger partial charge in [-0.2, -0.15) is 0 Å². The van der Waals surface area contributed by atoms with Crippen LogP contribution in [0, 0.1) is 0 Å². The first-order valence-corrected chi connectivity index (χ1v) is 6.72. The number of carbonyl (C=O) groups excluding carboxylic acids is 1. The van der Waals surface area contributed by atoms with Gasteiger partial charge in [0, 0.05) is 13.0 Å². The Morgan fingerprint density at radius 3 is 2.59 bits per heavy atom. The fourth-order valence-corrected chi connectivity index (χ4v) is 2.72. The van der Waals surface area contributed by atoms with Crippen LogP contribution in [0.4, 0.5) is 0 Å². The Labute approximate surface area is 126 Å². The highest BCUT2D eigenvalue weighted by Gasteiger charge is 2.37. The molecule has 0 aromatic heterocycles. The fourth-order valence-electron chi connectivity index (χ4n) is 2.72. The molecule has 1 heterocycles. The Morgan fingerprint density at radius 1 is 1.23 bits per heavy atom. The van der Waals surface area contributed by atoms with Gasteiger partial charge in [0.05, 0.1) is 26.0 Å². The minimum atomic E-state index is -1.59. The van der Waals surface area contributed by atoms with E-state index in [1.54, 1.807) is 18.2 Å². The van der Waals surface area contributed by atoms with Gasteiger partial charge in [-0.25, -0.2) is 0 Å². The van der Waals surface area contributed by atoms with E-state index in [2.05, 4.69) is 0 Å². The lowest BCUT2D eigenvalue weighted by molar-refractivity contribution is -0.123. The Kier molecular flexibility index (Phi) is 3.14. The maximum Gasteiger partial charge on any atom is 0.212 e. The highest BCUT2D eigenvalue weighted by molar-refractivity contribution is 6.10. The number of phenols is 1. The third-order valence-corrected chi connectivity index (χ3v) is 3.67. The van der Waals surface area contributed by atoms with E-state index in [0.717, 1.165) is 0 Å². The second-order valence-electron chi connectivity index (χ2n) is 5.40. The molecule has 0 saturated heterocycles. The van der Waals surface area contributed by atoms with Crippen molar-refractivity contribution in [2.24, 2.45) is 0 Å². The summed E-state index contributed by atoms with van der Waals surface area (Å²) in [5.74, 6) is -1.12. The molecule has 0 spiro atoms. The molecule has 0 amide bonds. The van der Waals surface area contributed by atoms with Crippen molar-refractivity contribution < 1.29 is 29.2 Å². The molecule has 6 heteroatoms. The third kappa shape index (κ3) is 2.12. The van der Waals surface area contributed by atoms with Crippen molar-refractivity contribution >= 4 is 16.6 Å². The number of fused-ring (bicyclic) bond motifs is 2. The minimum absolute atomic E-state index is 0.0579. The monoisotopic (exact) mass is 304 g/mol. The second-order valence-corrected chi connectivity index (χ2v) is 5.40. The maximum atomic E-state index is 12.2. The highest BCUT2D eigenvalue weighted by atomic mass is 16.6. The van der Waals surface area contributed by atoms with Gasteiger partial charge < -0.3 is 24.4 Å². The van der Waals surface area contributed by atoms with Gasteiger partial charge in [0.1, 0.15) is 28.6 Å². The number of methoxy groups -OCH3 is 2. The van der Waals surface area contributed by atoms with Crippen molar-refractivity contribution in [3.8, 4) is 23.0 Å². The molecule has 116 valence electrons. The van der Waals surface area contributed by atoms with Gasteiger partial charge in [-0.05, 0) is 17.5 Å². The molecule has 6 nitrogen and oxygen atoms in total. The number of ether oxygens (including phenoxy) is 3. The molecule has 2 aromatic rings. The van der Waals surface area contributed by atoms with Crippen LogP contribution in [0.2, 0.25) is 0 Å². The number of hydrogen-bond acceptors (Lipinski definition) is 6. The number of ketones is 1. The molecular formula is C16H16O6. The van der Waals surface area contributed by atoms with Gasteiger partial charge in [0.2, 0.25) is 5.79 Å². The van der Waals surface area contributed by atoms with E-state index in [4.69, 9.17) is 14.2 Å². The van der Waals surface area contributed by atoms with Crippen LogP contribution in [-0.2, 0) is 0 Å². The predicted molar refractivity (Wildman–Crippen MR) is 78.9 cm³/mol. The van der Waals surface area contributed by atoms with Crippen molar-refractivity contribution in [2.45, 2.75) is 19.1 Å². The lowest BCUT2D eigenvalue weighted by Gasteiger charge is -2.30. The molecule has 0 aliphatic carbocycles. The number of benzene rings is 2. The number of aliphatic hydroxyl groups is 1. The van der Waals surface area contributed by atoms with E-state index in [1.807, 2.05) is 0 Å². The highest BCUT2D eigenvalue weighted by Crippen LogP contribution is 2.46. The Bertz CT molecular complexity index is 778. The molecule has 0 saturated carbocycles. The molecule has 1 aliphatic rings. The summed E-state index contributed by atoms with van der Waals surface area (Å²) in [4.78, 5) is 12.2. The molecule has 1 aliphatic heterocycles. The van der Waals surface area contributed by atoms with Crippen LogP contribution in [0.15, 0.2) is 18.2 Å². The summed E-state index contributed by atoms with van der Waals surface area (Å²) in [6, 6.07) is 4.90. The second kappa shape index (κ2) is 4.78. The van der Waals surface area contributed by atoms with Crippen molar-refractivity contribution in [3.63, 3.8) is 0 Å². The van der Waals surface area contributed by atoms with Crippen LogP contribution in [0.3, 0.4) is 0 Å². The average Bonchev–Trinajstić information content (AvgIpc) is 2.43. The summed E-state index contributed by atoms with van der Waals surface area (Å²) in [6.45, 7) is 1.40. The average molecular weight is 304 g/mol. The molecule has 22 heavy (non-hydrogen) atoms. The Balaban J connectivity index is 2.36. The van der Waals surface area contributed by atoms with Crippen molar-refractivity contribution in [2.75, 3.05) is 14.2 Å². The SMILES string of the molecule is COc1cc(OC)c2c(O)c3c(cc2c1)O[C@@](C)(O)CC3=O. The summed E-state index contributed by atoms with van der Waals surface area (Å²) in [7, 11) is 2.99. The lowest BCUT2D eigenvalue weighted by atomic mass is 9.94. The van der Waals surface area contributed by atoms with Gasteiger partial charge in [-0.3, -0.25) is 4.79 Å². The van der Waals surface area contributed by atoms with Crippen LogP contribution in [0.25, 0.3) is 10.8 Å². The van der Waals surface area contributed by atoms with E-state index < -0.39 is 5.79 Å². The van der Waals surface area contributed by atoms with Gasteiger partial charge in [-0.1, -0.05) is 0 Å². The number of hydrogen-bond donors (Lipinski definition) is 2. The van der Waals surface area contributed by atoms with E-state index in [0.29, 0.717) is 22.3 Å². The first-order valence-electron chi connectivity index (χ1n) is 6.72. The van der Waals surface area contributed by atoms with Crippen LogP contribution in [-0.4, -0.2) is 36.0 Å². The fraction of sp³-hybridized carbons (Fsp3) is 0.312. The number of aromatic hydroxyl groups is 1. The molecule has 0 fully saturated rings. The van der Waals surface area contributed by atoms with E-state index in [9.17, 15) is 15.0 Å². The minimum Gasteiger partial charge on any atom is -0.506 e. The topological polar surface area (TPSA) is 85.2 Å². The van der Waals surface area contributed by atoms with Crippen LogP contribution >= 0.6 is 0 Å². The largest absolute Gasteiger partial charge is 0.506 e. The molecule has 3 rings (SSSR count). The molecule has 2 aromatic carbocycles. The van der Waals surface area contributed by atoms with Gasteiger partial charge >= 0.3 is 0 Å². The summed E-state index contributed by atoms with van der Waals surface area (Å²) in [5.41, 5.74) is 0.0579. The van der Waals surface area contributed by atoms with Crippen LogP contribution in [0.5, 0.6) is 23.0 Å². The summed E-state index contributed by atoms with van der Waals surface area (Å²) in [6.07, 6.45) is -0.225. The maximum absolute atomic E-state index is 12.2. The molecule has 0 bridgehead atoms. The number of Topliss-reactive ketones (excluding diaryl/α,β-unsaturated/α-hetero) is 1. The lowest BCUT2D eigenvalue weighted by Crippen LogP contribution is -2.38. The van der Waals surface area contributed by atoms with Crippen LogP contribution in [0.1, 0.15) is 23.7 Å². The summed E-state index contributed by atoms with van der Waals surface area (Å²) in [5, 5.41) is 21.5. The van der Waals surface area contributed by atoms with E-state index >= 15 is 0 Å². The Morgan fingerprint density at radius 2 is 1.95 bits per heavy atom. The smallest absolute Gasteiger partial charge is 0.212 e. The number of phenolic OH excluding ortho intramolecular Hbond substituents is 1. The number of carbonyl (C=O) groups is 1. The van der Waals surface area contributed by atoms with Gasteiger partial charge in [-0.15, -0.1) is 0 Å². The van der Waals surface area contributed by atoms with Crippen molar-refractivity contribution in [3.05, 3.63) is 23.8 Å². The van der Waals surface area contributed by atoms with Crippen molar-refractivity contribution in [1.29, 1.82) is 0 Å². The summed E-state index contributed by atoms with van der Waals surface area (Å²) >= 11 is 0. The Hall–Kier alpha value is -2.47. The normalized spacial score (nSPS) is 20.5. The molecular weight excluding hydrogens is 288 g/mol. The first-order chi connectivity index (χ1) is 10.4. The number of rotatable bonds is 2. The molecule has 0 radical (unpaired) electrons. The zero-order chi connectivity index (χ0) is 16.1. The zero-order valence-corrected chi connectivity index (χ0v) is 12.5. The third-order valence-electron chi connectivity index (χ3n) is 3.67. The molecule has 2 N–H and O–H groups in total. The van der Waals surface area contributed by atoms with Crippen LogP contribution < -0.4 is 14.2 Å². The first kappa shape index (κ1) is 14.5. The van der Waals surface area contributed by atoms with Crippen molar-refractivity contribution in [1.82, 2.24) is 0 Å². The van der Waals surface area contributed by atoms with Gasteiger partial charge in [0.25, 0.3) is 0 Å². The van der Waals surface area contributed by atoms with E-state index in [-0.39, 0.29) is 29.3 Å². The molecule has 1 atom stereocenters. The van der Waals surface area contributed by atoms with E-state index in [1.165, 1.54) is 21.1 Å².